The molecule has 0 aromatic heterocycles. The van der Waals surface area contributed by atoms with Gasteiger partial charge in [0, 0.05) is 11.8 Å². The van der Waals surface area contributed by atoms with Crippen molar-refractivity contribution in [3.63, 3.8) is 0 Å². The molecule has 10 atom stereocenters. The number of fused-ring (bicyclic) bond motifs is 7. The molecule has 1 heterocycles. The quantitative estimate of drug-likeness (QED) is 0.354. The van der Waals surface area contributed by atoms with Crippen LogP contribution in [-0.4, -0.2) is 34.5 Å². The molecule has 4 saturated carbocycles. The first kappa shape index (κ1) is 23.5. The SMILES string of the molecule is CC1(C)C[C@@H]2C3=CC[C@@H]4[C@@]5(C)C[C@H](O)[C@H](O)C(C)(C)[C@@H]5CC[C@]4(C)[C@@]3(C)CC[C@@]23C[C@H]1OC3=O. The smallest absolute Gasteiger partial charge is 0.313 e. The lowest BCUT2D eigenvalue weighted by Crippen LogP contribution is -2.66. The first-order valence-electron chi connectivity index (χ1n) is 13.9. The Morgan fingerprint density at radius 1 is 0.912 bits per heavy atom. The van der Waals surface area contributed by atoms with Crippen molar-refractivity contribution in [2.45, 2.75) is 118 Å². The van der Waals surface area contributed by atoms with Gasteiger partial charge in [0.15, 0.2) is 0 Å². The van der Waals surface area contributed by atoms with E-state index in [1.165, 1.54) is 0 Å². The summed E-state index contributed by atoms with van der Waals surface area (Å²) >= 11 is 0. The average Bonchev–Trinajstić information content (AvgIpc) is 3.04. The third-order valence-electron chi connectivity index (χ3n) is 13.4. The van der Waals surface area contributed by atoms with Gasteiger partial charge in [-0.1, -0.05) is 60.1 Å². The maximum absolute atomic E-state index is 13.3. The predicted octanol–water partition coefficient (Wildman–Crippen LogP) is 5.66. The number of carbonyl (C=O) groups is 1. The molecule has 6 aliphatic rings. The standard InChI is InChI=1S/C30H46O4/c1-25(2)14-18-17-8-9-21-27(5)15-19(31)23(32)26(3,4)20(27)10-11-29(21,7)28(17,6)12-13-30(18)16-22(25)34-24(30)33/h8,18-23,31-32H,9-16H2,1-7H3/t18-,19+,20+,21-,22-,23+,27+,28+,29+,30-/m1/s1. The molecule has 5 fully saturated rings. The Kier molecular flexibility index (Phi) is 4.51. The van der Waals surface area contributed by atoms with Crippen LogP contribution in [-0.2, 0) is 9.53 Å². The molecule has 0 unspecified atom stereocenters. The second-order valence-corrected chi connectivity index (χ2v) is 15.3. The number of ether oxygens (including phenoxy) is 1. The van der Waals surface area contributed by atoms with E-state index in [0.717, 1.165) is 44.9 Å². The van der Waals surface area contributed by atoms with E-state index in [4.69, 9.17) is 4.74 Å². The van der Waals surface area contributed by atoms with Gasteiger partial charge in [-0.05, 0) is 84.4 Å². The third kappa shape index (κ3) is 2.46. The Morgan fingerprint density at radius 3 is 2.32 bits per heavy atom. The molecule has 2 bridgehead atoms. The molecular formula is C30H46O4. The summed E-state index contributed by atoms with van der Waals surface area (Å²) in [5, 5.41) is 21.9. The highest BCUT2D eigenvalue weighted by molar-refractivity contribution is 5.81. The number of carbonyl (C=O) groups excluding carboxylic acids is 1. The van der Waals surface area contributed by atoms with Gasteiger partial charge in [0.05, 0.1) is 17.6 Å². The van der Waals surface area contributed by atoms with E-state index in [9.17, 15) is 15.0 Å². The number of aliphatic hydroxyl groups excluding tert-OH is 2. The Labute approximate surface area is 205 Å². The molecular weight excluding hydrogens is 424 g/mol. The van der Waals surface area contributed by atoms with Crippen molar-refractivity contribution >= 4 is 5.97 Å². The number of hydrogen-bond donors (Lipinski definition) is 2. The van der Waals surface area contributed by atoms with Gasteiger partial charge in [0.25, 0.3) is 0 Å². The first-order chi connectivity index (χ1) is 15.6. The van der Waals surface area contributed by atoms with E-state index in [2.05, 4.69) is 54.5 Å². The lowest BCUT2D eigenvalue weighted by Gasteiger charge is -2.71. The van der Waals surface area contributed by atoms with Gasteiger partial charge in [-0.15, -0.1) is 0 Å². The van der Waals surface area contributed by atoms with Crippen LogP contribution in [0.2, 0.25) is 0 Å². The van der Waals surface area contributed by atoms with Crippen molar-refractivity contribution in [2.75, 3.05) is 0 Å². The zero-order chi connectivity index (χ0) is 24.7. The minimum atomic E-state index is -0.657. The van der Waals surface area contributed by atoms with Gasteiger partial charge >= 0.3 is 5.97 Å². The van der Waals surface area contributed by atoms with Crippen LogP contribution < -0.4 is 0 Å². The predicted molar refractivity (Wildman–Crippen MR) is 132 cm³/mol. The van der Waals surface area contributed by atoms with Crippen LogP contribution in [0.4, 0.5) is 0 Å². The molecule has 4 nitrogen and oxygen atoms in total. The van der Waals surface area contributed by atoms with Crippen LogP contribution >= 0.6 is 0 Å². The lowest BCUT2D eigenvalue weighted by molar-refractivity contribution is -0.230. The summed E-state index contributed by atoms with van der Waals surface area (Å²) in [7, 11) is 0. The second kappa shape index (κ2) is 6.52. The van der Waals surface area contributed by atoms with Gasteiger partial charge in [-0.25, -0.2) is 0 Å². The average molecular weight is 471 g/mol. The Bertz CT molecular complexity index is 965. The summed E-state index contributed by atoms with van der Waals surface area (Å²) in [5.74, 6) is 1.25. The molecule has 6 rings (SSSR count). The van der Waals surface area contributed by atoms with Crippen LogP contribution in [0.25, 0.3) is 0 Å². The number of aliphatic hydroxyl groups is 2. The van der Waals surface area contributed by atoms with Crippen molar-refractivity contribution in [3.8, 4) is 0 Å². The Hall–Kier alpha value is -0.870. The number of esters is 1. The van der Waals surface area contributed by atoms with Gasteiger partial charge < -0.3 is 14.9 Å². The van der Waals surface area contributed by atoms with Gasteiger partial charge in [-0.2, -0.15) is 0 Å². The Balaban J connectivity index is 1.45. The van der Waals surface area contributed by atoms with Crippen molar-refractivity contribution in [2.24, 2.45) is 50.2 Å². The normalized spacial score (nSPS) is 56.9. The molecule has 1 saturated heterocycles. The van der Waals surface area contributed by atoms with Crippen molar-refractivity contribution in [1.82, 2.24) is 0 Å². The van der Waals surface area contributed by atoms with E-state index in [-0.39, 0.29) is 44.6 Å². The minimum Gasteiger partial charge on any atom is -0.461 e. The molecule has 5 aliphatic carbocycles. The third-order valence-corrected chi connectivity index (χ3v) is 13.4. The number of allylic oxidation sites excluding steroid dienone is 2. The summed E-state index contributed by atoms with van der Waals surface area (Å²) in [5.41, 5.74) is 1.18. The fraction of sp³-hybridized carbons (Fsp3) is 0.900. The maximum atomic E-state index is 13.3. The van der Waals surface area contributed by atoms with Crippen molar-refractivity contribution < 1.29 is 19.7 Å². The molecule has 0 radical (unpaired) electrons. The summed E-state index contributed by atoms with van der Waals surface area (Å²) in [6, 6.07) is 0. The molecule has 0 aromatic rings. The minimum absolute atomic E-state index is 0.00145. The van der Waals surface area contributed by atoms with E-state index in [1.54, 1.807) is 5.57 Å². The van der Waals surface area contributed by atoms with E-state index in [1.807, 2.05) is 0 Å². The van der Waals surface area contributed by atoms with Crippen LogP contribution in [0.5, 0.6) is 0 Å². The molecule has 34 heavy (non-hydrogen) atoms. The summed E-state index contributed by atoms with van der Waals surface area (Å²) in [6.45, 7) is 16.4. The second-order valence-electron chi connectivity index (χ2n) is 15.3. The highest BCUT2D eigenvalue weighted by Gasteiger charge is 2.72. The van der Waals surface area contributed by atoms with Crippen LogP contribution in [0, 0.1) is 50.2 Å². The molecule has 0 amide bonds. The zero-order valence-electron chi connectivity index (χ0n) is 22.4. The van der Waals surface area contributed by atoms with Crippen molar-refractivity contribution in [3.05, 3.63) is 11.6 Å². The molecule has 0 aromatic carbocycles. The first-order valence-corrected chi connectivity index (χ1v) is 13.9. The van der Waals surface area contributed by atoms with E-state index in [0.29, 0.717) is 24.2 Å². The van der Waals surface area contributed by atoms with Crippen LogP contribution in [0.1, 0.15) is 99.8 Å². The monoisotopic (exact) mass is 470 g/mol. The molecule has 4 heteroatoms. The summed E-state index contributed by atoms with van der Waals surface area (Å²) in [4.78, 5) is 13.3. The molecule has 1 aliphatic heterocycles. The maximum Gasteiger partial charge on any atom is 0.313 e. The van der Waals surface area contributed by atoms with Gasteiger partial charge in [0.1, 0.15) is 6.10 Å². The lowest BCUT2D eigenvalue weighted by atomic mass is 9.33. The zero-order valence-corrected chi connectivity index (χ0v) is 22.4. The van der Waals surface area contributed by atoms with Crippen molar-refractivity contribution in [1.29, 1.82) is 0 Å². The Morgan fingerprint density at radius 2 is 1.62 bits per heavy atom. The fourth-order valence-corrected chi connectivity index (χ4v) is 11.2. The molecule has 1 spiro atoms. The fourth-order valence-electron chi connectivity index (χ4n) is 11.2. The van der Waals surface area contributed by atoms with E-state index >= 15 is 0 Å². The van der Waals surface area contributed by atoms with E-state index < -0.39 is 12.2 Å². The largest absolute Gasteiger partial charge is 0.461 e. The molecule has 190 valence electrons. The highest BCUT2D eigenvalue weighted by Crippen LogP contribution is 2.76. The van der Waals surface area contributed by atoms with Gasteiger partial charge in [0.2, 0.25) is 0 Å². The summed E-state index contributed by atoms with van der Waals surface area (Å²) < 4.78 is 6.02. The van der Waals surface area contributed by atoms with Gasteiger partial charge in [-0.3, -0.25) is 4.79 Å². The highest BCUT2D eigenvalue weighted by atomic mass is 16.6. The van der Waals surface area contributed by atoms with Crippen LogP contribution in [0.3, 0.4) is 0 Å². The topological polar surface area (TPSA) is 66.8 Å². The molecule has 2 N–H and O–H groups in total. The van der Waals surface area contributed by atoms with Crippen LogP contribution in [0.15, 0.2) is 11.6 Å². The summed E-state index contributed by atoms with van der Waals surface area (Å²) in [6.07, 6.45) is 9.25. The number of rotatable bonds is 0. The number of hydrogen-bond acceptors (Lipinski definition) is 4.